The third-order valence-electron chi connectivity index (χ3n) is 4.10. The molecule has 5 nitrogen and oxygen atoms in total. The summed E-state index contributed by atoms with van der Waals surface area (Å²) in [6, 6.07) is 3.07. The van der Waals surface area contributed by atoms with Gasteiger partial charge in [0.1, 0.15) is 0 Å². The zero-order valence-electron chi connectivity index (χ0n) is 14.0. The quantitative estimate of drug-likeness (QED) is 0.784. The van der Waals surface area contributed by atoms with E-state index in [-0.39, 0.29) is 17.3 Å². The Morgan fingerprint density at radius 1 is 1.39 bits per heavy atom. The first-order chi connectivity index (χ1) is 11.0. The Kier molecular flexibility index (Phi) is 5.53. The molecule has 0 aliphatic carbocycles. The van der Waals surface area contributed by atoms with Crippen LogP contribution in [0.1, 0.15) is 51.6 Å². The largest absolute Gasteiger partial charge is 0.503 e. The molecule has 2 rings (SSSR count). The molecule has 0 saturated carbocycles. The van der Waals surface area contributed by atoms with E-state index in [0.29, 0.717) is 6.54 Å². The van der Waals surface area contributed by atoms with Gasteiger partial charge >= 0.3 is 0 Å². The van der Waals surface area contributed by atoms with Gasteiger partial charge in [-0.3, -0.25) is 14.6 Å². The van der Waals surface area contributed by atoms with Crippen LogP contribution in [0.2, 0.25) is 0 Å². The second kappa shape index (κ2) is 7.40. The summed E-state index contributed by atoms with van der Waals surface area (Å²) in [7, 11) is 0. The van der Waals surface area contributed by atoms with Gasteiger partial charge in [0.25, 0.3) is 5.91 Å². The van der Waals surface area contributed by atoms with Gasteiger partial charge in [-0.25, -0.2) is 0 Å². The van der Waals surface area contributed by atoms with Crippen LogP contribution in [-0.4, -0.2) is 33.2 Å². The molecule has 0 saturated heterocycles. The molecule has 1 atom stereocenters. The zero-order chi connectivity index (χ0) is 17.0. The number of carbonyl (C=O) groups is 2. The number of Topliss-reactive ketones (excluding diaryl/α,β-unsaturated/α-hetero) is 1. The highest BCUT2D eigenvalue weighted by molar-refractivity contribution is 6.09. The van der Waals surface area contributed by atoms with Crippen molar-refractivity contribution in [3.05, 3.63) is 41.4 Å². The average molecular weight is 316 g/mol. The number of aliphatic hydroxyl groups is 1. The molecule has 0 radical (unpaired) electrons. The number of unbranched alkanes of at least 4 members (excludes halogenated alkanes) is 2. The van der Waals surface area contributed by atoms with E-state index in [1.807, 2.05) is 6.07 Å². The Labute approximate surface area is 137 Å². The van der Waals surface area contributed by atoms with Gasteiger partial charge in [-0.1, -0.05) is 39.7 Å². The van der Waals surface area contributed by atoms with E-state index >= 15 is 0 Å². The molecule has 1 aliphatic heterocycles. The van der Waals surface area contributed by atoms with Gasteiger partial charge in [-0.15, -0.1) is 0 Å². The van der Waals surface area contributed by atoms with Gasteiger partial charge in [0.2, 0.25) is 0 Å². The fourth-order valence-electron chi connectivity index (χ4n) is 2.86. The van der Waals surface area contributed by atoms with Crippen LogP contribution < -0.4 is 0 Å². The Hall–Kier alpha value is -2.17. The Bertz CT molecular complexity index is 608. The first-order valence-corrected chi connectivity index (χ1v) is 8.17. The van der Waals surface area contributed by atoms with E-state index < -0.39 is 17.7 Å². The molecule has 1 N–H and O–H groups in total. The molecule has 23 heavy (non-hydrogen) atoms. The first kappa shape index (κ1) is 17.2. The summed E-state index contributed by atoms with van der Waals surface area (Å²) in [5, 5.41) is 10.3. The number of aliphatic hydroxyl groups excluding tert-OH is 1. The number of hydrogen-bond donors (Lipinski definition) is 1. The number of ketones is 1. The normalized spacial score (nSPS) is 18.2. The third kappa shape index (κ3) is 3.44. The van der Waals surface area contributed by atoms with Gasteiger partial charge in [0.05, 0.1) is 11.6 Å². The summed E-state index contributed by atoms with van der Waals surface area (Å²) in [6.45, 7) is 6.15. The smallest absolute Gasteiger partial charge is 0.290 e. The predicted octanol–water partition coefficient (Wildman–Crippen LogP) is 3.19. The van der Waals surface area contributed by atoms with Crippen molar-refractivity contribution >= 4 is 11.7 Å². The second-order valence-electron chi connectivity index (χ2n) is 6.18. The highest BCUT2D eigenvalue weighted by atomic mass is 16.3. The predicted molar refractivity (Wildman–Crippen MR) is 87.7 cm³/mol. The fraction of sp³-hybridized carbons (Fsp3) is 0.500. The van der Waals surface area contributed by atoms with Crippen molar-refractivity contribution < 1.29 is 14.7 Å². The topological polar surface area (TPSA) is 70.5 Å². The molecule has 2 heterocycles. The van der Waals surface area contributed by atoms with Crippen molar-refractivity contribution in [1.29, 1.82) is 0 Å². The van der Waals surface area contributed by atoms with E-state index in [0.717, 1.165) is 24.8 Å². The first-order valence-electron chi connectivity index (χ1n) is 8.17. The molecule has 0 aromatic carbocycles. The van der Waals surface area contributed by atoms with Crippen LogP contribution in [0.3, 0.4) is 0 Å². The van der Waals surface area contributed by atoms with Crippen LogP contribution >= 0.6 is 0 Å². The van der Waals surface area contributed by atoms with Gasteiger partial charge < -0.3 is 10.0 Å². The average Bonchev–Trinajstić information content (AvgIpc) is 2.80. The van der Waals surface area contributed by atoms with Crippen molar-refractivity contribution in [1.82, 2.24) is 9.88 Å². The maximum atomic E-state index is 12.5. The van der Waals surface area contributed by atoms with Crippen LogP contribution in [0, 0.1) is 5.92 Å². The summed E-state index contributed by atoms with van der Waals surface area (Å²) in [6.07, 6.45) is 6.18. The SMILES string of the molecule is CCCCCN1C(=O)C(O)=C(C(=O)C(C)C)C1c1cccnc1. The number of nitrogens with zero attached hydrogens (tertiary/aromatic N) is 2. The number of rotatable bonds is 7. The van der Waals surface area contributed by atoms with Crippen molar-refractivity contribution in [3.8, 4) is 0 Å². The Morgan fingerprint density at radius 2 is 2.13 bits per heavy atom. The Balaban J connectivity index is 2.42. The molecule has 1 aromatic heterocycles. The number of aromatic nitrogens is 1. The summed E-state index contributed by atoms with van der Waals surface area (Å²) < 4.78 is 0. The molecule has 1 amide bonds. The van der Waals surface area contributed by atoms with Crippen LogP contribution in [0.4, 0.5) is 0 Å². The third-order valence-corrected chi connectivity index (χ3v) is 4.10. The lowest BCUT2D eigenvalue weighted by atomic mass is 9.92. The van der Waals surface area contributed by atoms with Crippen LogP contribution in [0.5, 0.6) is 0 Å². The lowest BCUT2D eigenvalue weighted by molar-refractivity contribution is -0.129. The monoisotopic (exact) mass is 316 g/mol. The molecule has 5 heteroatoms. The minimum Gasteiger partial charge on any atom is -0.503 e. The molecule has 0 spiro atoms. The minimum absolute atomic E-state index is 0.192. The summed E-state index contributed by atoms with van der Waals surface area (Å²) in [5.41, 5.74) is 0.958. The molecular weight excluding hydrogens is 292 g/mol. The molecule has 1 aromatic rings. The number of amides is 1. The van der Waals surface area contributed by atoms with Crippen molar-refractivity contribution in [2.45, 2.75) is 46.1 Å². The maximum Gasteiger partial charge on any atom is 0.290 e. The highest BCUT2D eigenvalue weighted by Gasteiger charge is 2.43. The summed E-state index contributed by atoms with van der Waals surface area (Å²) >= 11 is 0. The zero-order valence-corrected chi connectivity index (χ0v) is 14.0. The number of carbonyl (C=O) groups excluding carboxylic acids is 2. The number of hydrogen-bond acceptors (Lipinski definition) is 4. The second-order valence-corrected chi connectivity index (χ2v) is 6.18. The van der Waals surface area contributed by atoms with Crippen LogP contribution in [0.15, 0.2) is 35.9 Å². The van der Waals surface area contributed by atoms with Gasteiger partial charge in [0, 0.05) is 24.9 Å². The van der Waals surface area contributed by atoms with Crippen molar-refractivity contribution in [2.75, 3.05) is 6.54 Å². The van der Waals surface area contributed by atoms with Gasteiger partial charge in [-0.2, -0.15) is 0 Å². The lowest BCUT2D eigenvalue weighted by Crippen LogP contribution is -2.32. The summed E-state index contributed by atoms with van der Waals surface area (Å²) in [5.74, 6) is -1.34. The van der Waals surface area contributed by atoms with Crippen LogP contribution in [0.25, 0.3) is 0 Å². The summed E-state index contributed by atoms with van der Waals surface area (Å²) in [4.78, 5) is 30.7. The molecular formula is C18H24N2O3. The van der Waals surface area contributed by atoms with E-state index in [2.05, 4.69) is 11.9 Å². The number of pyridine rings is 1. The molecule has 0 bridgehead atoms. The fourth-order valence-corrected chi connectivity index (χ4v) is 2.86. The highest BCUT2D eigenvalue weighted by Crippen LogP contribution is 2.38. The van der Waals surface area contributed by atoms with E-state index in [1.165, 1.54) is 0 Å². The molecule has 1 aliphatic rings. The van der Waals surface area contributed by atoms with Gasteiger partial charge in [0.15, 0.2) is 11.5 Å². The minimum atomic E-state index is -0.539. The molecule has 0 fully saturated rings. The standard InChI is InChI=1S/C18H24N2O3/c1-4-5-6-10-20-15(13-8-7-9-19-11-13)14(16(21)12(2)3)17(22)18(20)23/h7-9,11-12,15,22H,4-6,10H2,1-3H3. The molecule has 124 valence electrons. The van der Waals surface area contributed by atoms with Gasteiger partial charge in [-0.05, 0) is 18.1 Å². The Morgan fingerprint density at radius 3 is 2.70 bits per heavy atom. The van der Waals surface area contributed by atoms with Crippen molar-refractivity contribution in [3.63, 3.8) is 0 Å². The van der Waals surface area contributed by atoms with Crippen LogP contribution in [-0.2, 0) is 9.59 Å². The maximum absolute atomic E-state index is 12.5. The van der Waals surface area contributed by atoms with Crippen molar-refractivity contribution in [2.24, 2.45) is 5.92 Å². The van der Waals surface area contributed by atoms with E-state index in [1.54, 1.807) is 37.2 Å². The van der Waals surface area contributed by atoms with E-state index in [9.17, 15) is 14.7 Å². The lowest BCUT2D eigenvalue weighted by Gasteiger charge is -2.27. The van der Waals surface area contributed by atoms with E-state index in [4.69, 9.17) is 0 Å². The molecule has 1 unspecified atom stereocenters.